The molecule has 1 aliphatic heterocycles. The van der Waals surface area contributed by atoms with Crippen LogP contribution in [0.1, 0.15) is 45.9 Å². The van der Waals surface area contributed by atoms with Gasteiger partial charge in [-0.15, -0.1) is 0 Å². The van der Waals surface area contributed by atoms with Gasteiger partial charge in [0.15, 0.2) is 0 Å². The second-order valence-electron chi connectivity index (χ2n) is 8.59. The number of aromatic nitrogens is 4. The van der Waals surface area contributed by atoms with Crippen molar-refractivity contribution >= 4 is 5.91 Å². The van der Waals surface area contributed by atoms with Crippen molar-refractivity contribution in [2.75, 3.05) is 13.1 Å². The summed E-state index contributed by atoms with van der Waals surface area (Å²) in [5.74, 6) is 1.54. The summed E-state index contributed by atoms with van der Waals surface area (Å²) < 4.78 is 7.90. The van der Waals surface area contributed by atoms with Crippen molar-refractivity contribution in [1.29, 1.82) is 0 Å². The molecule has 172 valence electrons. The maximum Gasteiger partial charge on any atom is 0.254 e. The van der Waals surface area contributed by atoms with E-state index in [1.165, 1.54) is 5.56 Å². The Kier molecular flexibility index (Phi) is 6.33. The van der Waals surface area contributed by atoms with Crippen molar-refractivity contribution in [3.63, 3.8) is 0 Å². The van der Waals surface area contributed by atoms with Gasteiger partial charge in [0.05, 0.1) is 6.54 Å². The number of amides is 1. The van der Waals surface area contributed by atoms with E-state index in [1.54, 1.807) is 18.6 Å². The van der Waals surface area contributed by atoms with Crippen LogP contribution in [0.5, 0.6) is 11.6 Å². The average Bonchev–Trinajstić information content (AvgIpc) is 3.39. The minimum atomic E-state index is 0.0662. The molecule has 0 aliphatic carbocycles. The van der Waals surface area contributed by atoms with Gasteiger partial charge in [0.2, 0.25) is 5.88 Å². The Labute approximate surface area is 199 Å². The highest BCUT2D eigenvalue weighted by molar-refractivity contribution is 5.95. The van der Waals surface area contributed by atoms with E-state index < -0.39 is 0 Å². The minimum Gasteiger partial charge on any atom is -0.437 e. The third-order valence-corrected chi connectivity index (χ3v) is 6.23. The van der Waals surface area contributed by atoms with E-state index in [2.05, 4.69) is 15.1 Å². The van der Waals surface area contributed by atoms with E-state index in [1.807, 2.05) is 77.3 Å². The van der Waals surface area contributed by atoms with Gasteiger partial charge in [0.1, 0.15) is 11.4 Å². The number of rotatable bonds is 6. The molecule has 4 aromatic rings. The van der Waals surface area contributed by atoms with Crippen molar-refractivity contribution in [3.8, 4) is 11.6 Å². The highest BCUT2D eigenvalue weighted by Crippen LogP contribution is 2.34. The summed E-state index contributed by atoms with van der Waals surface area (Å²) in [6.45, 7) is 3.95. The van der Waals surface area contributed by atoms with Crippen LogP contribution in [0.2, 0.25) is 0 Å². The molecule has 1 saturated heterocycles. The Hall–Kier alpha value is -4.00. The number of piperidine rings is 1. The second-order valence-corrected chi connectivity index (χ2v) is 8.59. The van der Waals surface area contributed by atoms with Crippen LogP contribution < -0.4 is 4.74 Å². The van der Waals surface area contributed by atoms with Crippen molar-refractivity contribution in [3.05, 3.63) is 102 Å². The predicted octanol–water partition coefficient (Wildman–Crippen LogP) is 4.84. The molecule has 0 spiro atoms. The van der Waals surface area contributed by atoms with Gasteiger partial charge < -0.3 is 9.64 Å². The summed E-state index contributed by atoms with van der Waals surface area (Å²) in [5, 5.41) is 4.28. The first-order valence-corrected chi connectivity index (χ1v) is 11.6. The molecule has 1 fully saturated rings. The van der Waals surface area contributed by atoms with Crippen LogP contribution in [0.3, 0.4) is 0 Å². The van der Waals surface area contributed by atoms with Crippen molar-refractivity contribution in [1.82, 2.24) is 24.6 Å². The molecule has 3 heterocycles. The van der Waals surface area contributed by atoms with Gasteiger partial charge in [-0.25, -0.2) is 4.98 Å². The van der Waals surface area contributed by atoms with E-state index in [0.29, 0.717) is 25.5 Å². The van der Waals surface area contributed by atoms with Crippen molar-refractivity contribution < 1.29 is 9.53 Å². The maximum atomic E-state index is 13.4. The summed E-state index contributed by atoms with van der Waals surface area (Å²) in [5.41, 5.74) is 3.74. The highest BCUT2D eigenvalue weighted by Gasteiger charge is 2.28. The number of aryl methyl sites for hydroxylation is 1. The Balaban J connectivity index is 1.27. The largest absolute Gasteiger partial charge is 0.437 e. The quantitative estimate of drug-likeness (QED) is 0.418. The van der Waals surface area contributed by atoms with Gasteiger partial charge in [-0.2, -0.15) is 5.10 Å². The molecule has 1 aliphatic rings. The molecule has 2 aromatic carbocycles. The third-order valence-electron chi connectivity index (χ3n) is 6.23. The lowest BCUT2D eigenvalue weighted by Crippen LogP contribution is -2.38. The number of hydrogen-bond donors (Lipinski definition) is 0. The molecule has 0 saturated carbocycles. The van der Waals surface area contributed by atoms with Crippen LogP contribution in [0.15, 0.2) is 79.4 Å². The Morgan fingerprint density at radius 1 is 0.971 bits per heavy atom. The zero-order chi connectivity index (χ0) is 23.3. The smallest absolute Gasteiger partial charge is 0.254 e. The zero-order valence-corrected chi connectivity index (χ0v) is 19.2. The van der Waals surface area contributed by atoms with E-state index in [9.17, 15) is 4.79 Å². The van der Waals surface area contributed by atoms with Gasteiger partial charge in [-0.1, -0.05) is 35.9 Å². The Bertz CT molecular complexity index is 1250. The molecule has 0 radical (unpaired) electrons. The molecule has 2 aromatic heterocycles. The number of ether oxygens (including phenoxy) is 1. The van der Waals surface area contributed by atoms with Crippen LogP contribution in [0.25, 0.3) is 0 Å². The van der Waals surface area contributed by atoms with Gasteiger partial charge in [-0.3, -0.25) is 14.5 Å². The number of hydrogen-bond acceptors (Lipinski definition) is 5. The van der Waals surface area contributed by atoms with Gasteiger partial charge >= 0.3 is 0 Å². The topological polar surface area (TPSA) is 73.1 Å². The van der Waals surface area contributed by atoms with E-state index in [-0.39, 0.29) is 11.8 Å². The first kappa shape index (κ1) is 21.8. The maximum absolute atomic E-state index is 13.4. The Morgan fingerprint density at radius 3 is 2.50 bits per heavy atom. The fourth-order valence-electron chi connectivity index (χ4n) is 4.37. The fourth-order valence-corrected chi connectivity index (χ4v) is 4.37. The summed E-state index contributed by atoms with van der Waals surface area (Å²) in [6, 6.07) is 17.6. The van der Waals surface area contributed by atoms with Gasteiger partial charge in [-0.05, 0) is 49.6 Å². The molecule has 1 amide bonds. The highest BCUT2D eigenvalue weighted by atomic mass is 16.5. The normalized spacial score (nSPS) is 14.2. The molecular formula is C27H27N5O2. The Morgan fingerprint density at radius 2 is 1.74 bits per heavy atom. The van der Waals surface area contributed by atoms with Gasteiger partial charge in [0, 0.05) is 49.4 Å². The molecule has 0 bridgehead atoms. The lowest BCUT2D eigenvalue weighted by atomic mass is 9.92. The molecule has 5 rings (SSSR count). The SMILES string of the molecule is Cc1ccc(Oc2nccnc2C2CCN(C(=O)c3ccccc3Cn3cccn3)CC2)cc1. The van der Waals surface area contributed by atoms with E-state index >= 15 is 0 Å². The van der Waals surface area contributed by atoms with Crippen LogP contribution in [0, 0.1) is 6.92 Å². The molecule has 7 heteroatoms. The second kappa shape index (κ2) is 9.87. The van der Waals surface area contributed by atoms with Gasteiger partial charge in [0.25, 0.3) is 5.91 Å². The molecule has 0 unspecified atom stereocenters. The van der Waals surface area contributed by atoms with E-state index in [4.69, 9.17) is 4.74 Å². The summed E-state index contributed by atoms with van der Waals surface area (Å²) in [4.78, 5) is 24.4. The zero-order valence-electron chi connectivity index (χ0n) is 19.2. The van der Waals surface area contributed by atoms with Crippen LogP contribution >= 0.6 is 0 Å². The van der Waals surface area contributed by atoms with E-state index in [0.717, 1.165) is 35.4 Å². The monoisotopic (exact) mass is 453 g/mol. The molecule has 0 N–H and O–H groups in total. The first-order chi connectivity index (χ1) is 16.7. The minimum absolute atomic E-state index is 0.0662. The summed E-state index contributed by atoms with van der Waals surface area (Å²) >= 11 is 0. The standard InChI is InChI=1S/C27H27N5O2/c1-20-7-9-23(10-8-20)34-26-25(28-14-15-29-26)21-11-17-31(18-12-21)27(33)24-6-3-2-5-22(24)19-32-16-4-13-30-32/h2-10,13-16,21H,11-12,17-19H2,1H3. The number of carbonyl (C=O) groups is 1. The lowest BCUT2D eigenvalue weighted by molar-refractivity contribution is 0.0710. The molecule has 34 heavy (non-hydrogen) atoms. The summed E-state index contributed by atoms with van der Waals surface area (Å²) in [6.07, 6.45) is 8.65. The van der Waals surface area contributed by atoms with Crippen LogP contribution in [0.4, 0.5) is 0 Å². The third kappa shape index (κ3) is 4.83. The predicted molar refractivity (Wildman–Crippen MR) is 129 cm³/mol. The van der Waals surface area contributed by atoms with Crippen molar-refractivity contribution in [2.45, 2.75) is 32.2 Å². The number of carbonyl (C=O) groups excluding carboxylic acids is 1. The average molecular weight is 454 g/mol. The molecule has 7 nitrogen and oxygen atoms in total. The van der Waals surface area contributed by atoms with Crippen LogP contribution in [-0.4, -0.2) is 43.6 Å². The first-order valence-electron chi connectivity index (χ1n) is 11.6. The fraction of sp³-hybridized carbons (Fsp3) is 0.259. The van der Waals surface area contributed by atoms with Crippen LogP contribution in [-0.2, 0) is 6.54 Å². The number of likely N-dealkylation sites (tertiary alicyclic amines) is 1. The lowest BCUT2D eigenvalue weighted by Gasteiger charge is -2.32. The number of nitrogens with zero attached hydrogens (tertiary/aromatic N) is 5. The summed E-state index contributed by atoms with van der Waals surface area (Å²) in [7, 11) is 0. The number of benzene rings is 2. The molecular weight excluding hydrogens is 426 g/mol. The van der Waals surface area contributed by atoms with Crippen molar-refractivity contribution in [2.24, 2.45) is 0 Å². The molecule has 0 atom stereocenters.